The molecule has 3 aromatic rings. The lowest BCUT2D eigenvalue weighted by Crippen LogP contribution is -2.56. The second-order valence-corrected chi connectivity index (χ2v) is 12.0. The van der Waals surface area contributed by atoms with Gasteiger partial charge < -0.3 is 27.8 Å². The lowest BCUT2D eigenvalue weighted by atomic mass is 9.63. The first-order chi connectivity index (χ1) is 18.2. The summed E-state index contributed by atoms with van der Waals surface area (Å²) >= 11 is 11.3. The van der Waals surface area contributed by atoms with Crippen molar-refractivity contribution < 1.29 is 4.79 Å². The Kier molecular flexibility index (Phi) is 7.58. The lowest BCUT2D eigenvalue weighted by molar-refractivity contribution is -0.120. The van der Waals surface area contributed by atoms with Crippen LogP contribution < -0.4 is 27.8 Å². The molecule has 38 heavy (non-hydrogen) atoms. The number of nitrogen functional groups attached to an aromatic ring is 2. The number of nitrogens with zero attached hydrogens (tertiary/aromatic N) is 3. The van der Waals surface area contributed by atoms with Crippen molar-refractivity contribution in [1.82, 2.24) is 25.6 Å². The van der Waals surface area contributed by atoms with E-state index in [0.717, 1.165) is 43.5 Å². The number of anilines is 2. The predicted octanol–water partition coefficient (Wildman–Crippen LogP) is 3.41. The summed E-state index contributed by atoms with van der Waals surface area (Å²) in [6, 6.07) is 8.15. The Morgan fingerprint density at radius 3 is 2.71 bits per heavy atom. The van der Waals surface area contributed by atoms with Gasteiger partial charge in [-0.1, -0.05) is 41.6 Å². The Hall–Kier alpha value is -2.44. The fraction of sp³-hybridized carbons (Fsp3) is 0.385. The minimum Gasteiger partial charge on any atom is -0.382 e. The highest BCUT2D eigenvalue weighted by Gasteiger charge is 2.58. The van der Waals surface area contributed by atoms with Crippen LogP contribution in [-0.2, 0) is 23.2 Å². The predicted molar refractivity (Wildman–Crippen MR) is 154 cm³/mol. The van der Waals surface area contributed by atoms with Gasteiger partial charge in [-0.3, -0.25) is 4.79 Å². The van der Waals surface area contributed by atoms with Crippen molar-refractivity contribution in [2.24, 2.45) is 11.1 Å². The number of aromatic nitrogens is 3. The van der Waals surface area contributed by atoms with Crippen LogP contribution in [0.3, 0.4) is 0 Å². The van der Waals surface area contributed by atoms with E-state index in [1.54, 1.807) is 19.3 Å². The van der Waals surface area contributed by atoms with Gasteiger partial charge in [-0.05, 0) is 77.5 Å². The number of amides is 1. The second-order valence-electron chi connectivity index (χ2n) is 9.84. The van der Waals surface area contributed by atoms with Gasteiger partial charge in [0, 0.05) is 30.0 Å². The zero-order valence-electron chi connectivity index (χ0n) is 21.0. The molecule has 1 aliphatic carbocycles. The number of halogens is 2. The topological polar surface area (TPSA) is 158 Å². The fourth-order valence-electron chi connectivity index (χ4n) is 5.69. The molecule has 2 aliphatic rings. The Labute approximate surface area is 239 Å². The summed E-state index contributed by atoms with van der Waals surface area (Å²) < 4.78 is 0.538. The number of carbonyl (C=O) groups is 1. The molecule has 2 aromatic heterocycles. The first-order valence-corrected chi connectivity index (χ1v) is 14.4. The summed E-state index contributed by atoms with van der Waals surface area (Å²) in [4.78, 5) is 26.3. The van der Waals surface area contributed by atoms with Gasteiger partial charge in [0.05, 0.1) is 10.6 Å². The van der Waals surface area contributed by atoms with Crippen LogP contribution in [0, 0.1) is 5.41 Å². The SMILES string of the molecule is CNC(=O)CCc1ccc2c(c1)[C@](N)(c1nc(N)c(Sc3ccnc(N)c3Cl)nc1Br)C1(CCNCC1)C2. The first-order valence-electron chi connectivity index (χ1n) is 12.4. The van der Waals surface area contributed by atoms with Gasteiger partial charge in [-0.2, -0.15) is 0 Å². The van der Waals surface area contributed by atoms with Crippen LogP contribution in [0.4, 0.5) is 11.6 Å². The standard InChI is InChI=1S/C26H30BrClN8OS/c1-32-18(37)5-3-14-2-4-15-13-25(7-10-33-11-8-25)26(31,16(15)12-14)20-21(27)36-24(23(30)35-20)38-17-6-9-34-22(29)19(17)28/h2,4,6,9,12,33H,3,5,7-8,10-11,13,31H2,1H3,(H2,29,34)(H2,30,35)(H,32,37)/t26-/m0/s1. The van der Waals surface area contributed by atoms with Crippen LogP contribution in [-0.4, -0.2) is 41.0 Å². The number of hydrogen-bond donors (Lipinski definition) is 5. The Morgan fingerprint density at radius 2 is 1.97 bits per heavy atom. The zero-order valence-corrected chi connectivity index (χ0v) is 24.1. The Bertz CT molecular complexity index is 1400. The molecule has 12 heteroatoms. The van der Waals surface area contributed by atoms with Crippen LogP contribution in [0.5, 0.6) is 0 Å². The van der Waals surface area contributed by atoms with Gasteiger partial charge in [0.25, 0.3) is 0 Å². The number of fused-ring (bicyclic) bond motifs is 1. The zero-order chi connectivity index (χ0) is 27.1. The molecule has 0 bridgehead atoms. The number of piperidine rings is 1. The molecule has 1 atom stereocenters. The van der Waals surface area contributed by atoms with Gasteiger partial charge in [0.1, 0.15) is 21.1 Å². The van der Waals surface area contributed by atoms with E-state index in [0.29, 0.717) is 38.1 Å². The van der Waals surface area contributed by atoms with Gasteiger partial charge in [0.15, 0.2) is 5.82 Å². The third-order valence-corrected chi connectivity index (χ3v) is 9.87. The molecule has 0 saturated carbocycles. The highest BCUT2D eigenvalue weighted by atomic mass is 79.9. The van der Waals surface area contributed by atoms with Gasteiger partial charge in [-0.15, -0.1) is 0 Å². The molecule has 0 radical (unpaired) electrons. The summed E-state index contributed by atoms with van der Waals surface area (Å²) in [5, 5.41) is 7.00. The Balaban J connectivity index is 1.59. The highest BCUT2D eigenvalue weighted by Crippen LogP contribution is 2.57. The normalized spacial score (nSPS) is 19.9. The first kappa shape index (κ1) is 27.1. The van der Waals surface area contributed by atoms with Crippen LogP contribution in [0.25, 0.3) is 0 Å². The summed E-state index contributed by atoms with van der Waals surface area (Å²) in [5.41, 5.74) is 22.6. The van der Waals surface area contributed by atoms with Crippen molar-refractivity contribution in [3.8, 4) is 0 Å². The van der Waals surface area contributed by atoms with Gasteiger partial charge in [-0.25, -0.2) is 15.0 Å². The van der Waals surface area contributed by atoms with Crippen molar-refractivity contribution in [2.45, 2.75) is 47.6 Å². The van der Waals surface area contributed by atoms with Gasteiger partial charge in [0.2, 0.25) is 5.91 Å². The molecule has 1 spiro atoms. The summed E-state index contributed by atoms with van der Waals surface area (Å²) in [6.45, 7) is 1.74. The summed E-state index contributed by atoms with van der Waals surface area (Å²) in [6.07, 6.45) is 5.24. The van der Waals surface area contributed by atoms with Crippen molar-refractivity contribution >= 4 is 56.8 Å². The number of pyridine rings is 1. The fourth-order valence-corrected chi connectivity index (χ4v) is 7.43. The van der Waals surface area contributed by atoms with Crippen LogP contribution in [0.2, 0.25) is 5.02 Å². The Morgan fingerprint density at radius 1 is 1.21 bits per heavy atom. The summed E-state index contributed by atoms with van der Waals surface area (Å²) in [5.74, 6) is 0.505. The van der Waals surface area contributed by atoms with E-state index in [9.17, 15) is 4.79 Å². The smallest absolute Gasteiger partial charge is 0.220 e. The molecule has 1 aliphatic heterocycles. The van der Waals surface area contributed by atoms with E-state index in [4.69, 9.17) is 38.8 Å². The molecule has 0 unspecified atom stereocenters. The molecule has 3 heterocycles. The van der Waals surface area contributed by atoms with Crippen molar-refractivity contribution in [3.05, 3.63) is 62.5 Å². The molecule has 200 valence electrons. The van der Waals surface area contributed by atoms with Crippen LogP contribution in [0.1, 0.15) is 41.6 Å². The van der Waals surface area contributed by atoms with E-state index in [1.807, 2.05) is 0 Å². The minimum absolute atomic E-state index is 0.00451. The molecular weight excluding hydrogens is 588 g/mol. The highest BCUT2D eigenvalue weighted by molar-refractivity contribution is 9.10. The van der Waals surface area contributed by atoms with Crippen molar-refractivity contribution in [2.75, 3.05) is 31.6 Å². The van der Waals surface area contributed by atoms with Crippen LogP contribution in [0.15, 0.2) is 45.0 Å². The number of benzene rings is 1. The molecule has 8 N–H and O–H groups in total. The van der Waals surface area contributed by atoms with E-state index >= 15 is 0 Å². The number of hydrogen-bond acceptors (Lipinski definition) is 9. The molecule has 1 aromatic carbocycles. The monoisotopic (exact) mass is 616 g/mol. The summed E-state index contributed by atoms with van der Waals surface area (Å²) in [7, 11) is 1.65. The number of rotatable bonds is 6. The quantitative estimate of drug-likeness (QED) is 0.279. The molecule has 1 fully saturated rings. The van der Waals surface area contributed by atoms with E-state index < -0.39 is 5.54 Å². The average molecular weight is 618 g/mol. The minimum atomic E-state index is -0.921. The third kappa shape index (κ3) is 4.64. The van der Waals surface area contributed by atoms with Crippen molar-refractivity contribution in [1.29, 1.82) is 0 Å². The maximum Gasteiger partial charge on any atom is 0.220 e. The van der Waals surface area contributed by atoms with Crippen LogP contribution >= 0.6 is 39.3 Å². The van der Waals surface area contributed by atoms with Crippen molar-refractivity contribution in [3.63, 3.8) is 0 Å². The molecule has 5 rings (SSSR count). The molecular formula is C26H30BrClN8OS. The number of nitrogens with two attached hydrogens (primary N) is 3. The molecule has 1 saturated heterocycles. The maximum absolute atomic E-state index is 11.9. The third-order valence-electron chi connectivity index (χ3n) is 7.75. The maximum atomic E-state index is 11.9. The van der Waals surface area contributed by atoms with Gasteiger partial charge >= 0.3 is 0 Å². The number of carbonyl (C=O) groups excluding carboxylic acids is 1. The average Bonchev–Trinajstić information content (AvgIpc) is 3.14. The number of nitrogens with one attached hydrogen (secondary N) is 2. The lowest BCUT2D eigenvalue weighted by Gasteiger charge is -2.46. The van der Waals surface area contributed by atoms with E-state index in [2.05, 4.69) is 49.7 Å². The van der Waals surface area contributed by atoms with E-state index in [1.165, 1.54) is 17.3 Å². The van der Waals surface area contributed by atoms with E-state index in [-0.39, 0.29) is 23.0 Å². The molecule has 1 amide bonds. The largest absolute Gasteiger partial charge is 0.382 e. The second kappa shape index (κ2) is 10.6. The number of aryl methyl sites for hydroxylation is 1. The molecule has 9 nitrogen and oxygen atoms in total.